The Morgan fingerprint density at radius 1 is 1.23 bits per heavy atom. The fourth-order valence-electron chi connectivity index (χ4n) is 5.28. The summed E-state index contributed by atoms with van der Waals surface area (Å²) in [5, 5.41) is 9.93. The van der Waals surface area contributed by atoms with Crippen molar-refractivity contribution < 1.29 is 14.7 Å². The third-order valence-corrected chi connectivity index (χ3v) is 7.06. The molecule has 0 amide bonds. The SMILES string of the molecule is C=CC1(C)CCC2(C)C(CCC3(C)C(=O)C(=O)C(O)=CC32)C1. The number of allylic oxidation sites excluding steroid dienone is 3. The van der Waals surface area contributed by atoms with Crippen molar-refractivity contribution in [2.75, 3.05) is 0 Å². The molecule has 3 heteroatoms. The lowest BCUT2D eigenvalue weighted by Gasteiger charge is -2.59. The van der Waals surface area contributed by atoms with E-state index in [-0.39, 0.29) is 22.5 Å². The predicted octanol–water partition coefficient (Wildman–Crippen LogP) is 4.00. The van der Waals surface area contributed by atoms with E-state index in [1.54, 1.807) is 6.08 Å². The lowest BCUT2D eigenvalue weighted by molar-refractivity contribution is -0.154. The smallest absolute Gasteiger partial charge is 0.263 e. The van der Waals surface area contributed by atoms with Crippen molar-refractivity contribution in [3.05, 3.63) is 24.5 Å². The van der Waals surface area contributed by atoms with Gasteiger partial charge in [-0.05, 0) is 60.8 Å². The minimum Gasteiger partial charge on any atom is -0.504 e. The Balaban J connectivity index is 2.04. The van der Waals surface area contributed by atoms with Crippen LogP contribution < -0.4 is 0 Å². The van der Waals surface area contributed by atoms with Crippen LogP contribution in [0.5, 0.6) is 0 Å². The van der Waals surface area contributed by atoms with E-state index in [0.717, 1.165) is 32.1 Å². The summed E-state index contributed by atoms with van der Waals surface area (Å²) in [6, 6.07) is 0. The molecule has 5 unspecified atom stereocenters. The molecule has 3 rings (SSSR count). The van der Waals surface area contributed by atoms with Crippen molar-refractivity contribution in [3.8, 4) is 0 Å². The van der Waals surface area contributed by atoms with E-state index in [0.29, 0.717) is 5.92 Å². The van der Waals surface area contributed by atoms with Gasteiger partial charge in [-0.25, -0.2) is 0 Å². The topological polar surface area (TPSA) is 54.4 Å². The van der Waals surface area contributed by atoms with Crippen LogP contribution in [0, 0.1) is 28.1 Å². The Bertz CT molecular complexity index is 589. The lowest BCUT2D eigenvalue weighted by Crippen LogP contribution is -2.57. The Labute approximate surface area is 132 Å². The highest BCUT2D eigenvalue weighted by atomic mass is 16.3. The molecule has 0 aliphatic heterocycles. The van der Waals surface area contributed by atoms with Crippen LogP contribution in [0.25, 0.3) is 0 Å². The highest BCUT2D eigenvalue weighted by Gasteiger charge is 2.61. The Morgan fingerprint density at radius 3 is 2.55 bits per heavy atom. The number of fused-ring (bicyclic) bond motifs is 3. The summed E-state index contributed by atoms with van der Waals surface area (Å²) in [6.07, 6.45) is 8.60. The molecular formula is C19H26O3. The number of ketones is 2. The zero-order valence-corrected chi connectivity index (χ0v) is 13.8. The van der Waals surface area contributed by atoms with E-state index in [1.807, 2.05) is 6.92 Å². The van der Waals surface area contributed by atoms with E-state index >= 15 is 0 Å². The van der Waals surface area contributed by atoms with Gasteiger partial charge in [-0.2, -0.15) is 0 Å². The van der Waals surface area contributed by atoms with Crippen LogP contribution in [0.15, 0.2) is 24.5 Å². The maximum absolute atomic E-state index is 12.5. The molecule has 2 fully saturated rings. The summed E-state index contributed by atoms with van der Waals surface area (Å²) >= 11 is 0. The fourth-order valence-corrected chi connectivity index (χ4v) is 5.28. The number of aliphatic hydroxyl groups excluding tert-OH is 1. The molecule has 3 aliphatic rings. The van der Waals surface area contributed by atoms with Crippen LogP contribution in [-0.2, 0) is 9.59 Å². The third kappa shape index (κ3) is 1.87. The van der Waals surface area contributed by atoms with Gasteiger partial charge in [-0.3, -0.25) is 9.59 Å². The molecule has 0 aromatic rings. The van der Waals surface area contributed by atoms with E-state index in [9.17, 15) is 14.7 Å². The summed E-state index contributed by atoms with van der Waals surface area (Å²) in [6.45, 7) is 10.4. The molecule has 2 saturated carbocycles. The molecule has 0 aromatic carbocycles. The van der Waals surface area contributed by atoms with Crippen molar-refractivity contribution in [3.63, 3.8) is 0 Å². The van der Waals surface area contributed by atoms with Gasteiger partial charge < -0.3 is 5.11 Å². The first-order chi connectivity index (χ1) is 10.2. The zero-order valence-electron chi connectivity index (χ0n) is 13.8. The number of hydrogen-bond acceptors (Lipinski definition) is 3. The Kier molecular flexibility index (Phi) is 3.22. The average molecular weight is 302 g/mol. The molecule has 0 heterocycles. The van der Waals surface area contributed by atoms with Gasteiger partial charge in [0.1, 0.15) is 0 Å². The highest BCUT2D eigenvalue weighted by molar-refractivity contribution is 6.45. The van der Waals surface area contributed by atoms with Crippen LogP contribution in [0.1, 0.15) is 52.9 Å². The van der Waals surface area contributed by atoms with Crippen molar-refractivity contribution >= 4 is 11.6 Å². The first-order valence-corrected chi connectivity index (χ1v) is 8.30. The zero-order chi connectivity index (χ0) is 16.3. The lowest BCUT2D eigenvalue weighted by atomic mass is 9.43. The van der Waals surface area contributed by atoms with Crippen LogP contribution >= 0.6 is 0 Å². The molecule has 3 aliphatic carbocycles. The van der Waals surface area contributed by atoms with Gasteiger partial charge in [0.2, 0.25) is 5.78 Å². The molecule has 3 nitrogen and oxygen atoms in total. The van der Waals surface area contributed by atoms with Crippen LogP contribution in [0.2, 0.25) is 0 Å². The number of hydrogen-bond donors (Lipinski definition) is 1. The van der Waals surface area contributed by atoms with Gasteiger partial charge in [0.15, 0.2) is 5.76 Å². The predicted molar refractivity (Wildman–Crippen MR) is 85.3 cm³/mol. The first kappa shape index (κ1) is 15.5. The third-order valence-electron chi connectivity index (χ3n) is 7.06. The van der Waals surface area contributed by atoms with Crippen LogP contribution in [0.4, 0.5) is 0 Å². The van der Waals surface area contributed by atoms with E-state index in [1.165, 1.54) is 0 Å². The minimum atomic E-state index is -0.701. The van der Waals surface area contributed by atoms with Crippen LogP contribution in [0.3, 0.4) is 0 Å². The summed E-state index contributed by atoms with van der Waals surface area (Å²) < 4.78 is 0. The standard InChI is InChI=1S/C19H26O3/c1-5-17(2)8-9-18(3)12(11-17)6-7-19(4)14(18)10-13(20)15(21)16(19)22/h5,10,12,14,20H,1,6-9,11H2,2-4H3. The monoisotopic (exact) mass is 302 g/mol. The number of carbonyl (C=O) groups excluding carboxylic acids is 2. The van der Waals surface area contributed by atoms with E-state index in [4.69, 9.17) is 0 Å². The van der Waals surface area contributed by atoms with Gasteiger partial charge in [0, 0.05) is 5.41 Å². The second kappa shape index (κ2) is 4.56. The molecule has 1 N–H and O–H groups in total. The molecular weight excluding hydrogens is 276 g/mol. The van der Waals surface area contributed by atoms with Gasteiger partial charge in [0.25, 0.3) is 5.78 Å². The molecule has 0 saturated heterocycles. The molecule has 5 atom stereocenters. The number of rotatable bonds is 1. The molecule has 0 radical (unpaired) electrons. The minimum absolute atomic E-state index is 0.0279. The Morgan fingerprint density at radius 2 is 1.91 bits per heavy atom. The van der Waals surface area contributed by atoms with Crippen molar-refractivity contribution in [2.45, 2.75) is 52.9 Å². The molecule has 0 aromatic heterocycles. The summed E-state index contributed by atoms with van der Waals surface area (Å²) in [5.74, 6) is -0.973. The maximum Gasteiger partial charge on any atom is 0.263 e. The second-order valence-corrected chi connectivity index (χ2v) is 8.41. The average Bonchev–Trinajstić information content (AvgIpc) is 2.49. The second-order valence-electron chi connectivity index (χ2n) is 8.41. The van der Waals surface area contributed by atoms with Gasteiger partial charge >= 0.3 is 0 Å². The number of aliphatic hydroxyl groups is 1. The highest BCUT2D eigenvalue weighted by Crippen LogP contribution is 2.64. The number of Topliss-reactive ketones (excluding diaryl/α,β-unsaturated/α-hetero) is 2. The van der Waals surface area contributed by atoms with Crippen molar-refractivity contribution in [1.82, 2.24) is 0 Å². The van der Waals surface area contributed by atoms with Crippen molar-refractivity contribution in [1.29, 1.82) is 0 Å². The Hall–Kier alpha value is -1.38. The van der Waals surface area contributed by atoms with Crippen LogP contribution in [-0.4, -0.2) is 16.7 Å². The van der Waals surface area contributed by atoms with Gasteiger partial charge in [-0.1, -0.05) is 26.8 Å². The fraction of sp³-hybridized carbons (Fsp3) is 0.684. The maximum atomic E-state index is 12.5. The molecule has 0 spiro atoms. The van der Waals surface area contributed by atoms with Crippen molar-refractivity contribution in [2.24, 2.45) is 28.1 Å². The molecule has 0 bridgehead atoms. The molecule has 120 valence electrons. The summed E-state index contributed by atoms with van der Waals surface area (Å²) in [7, 11) is 0. The normalized spacial score (nSPS) is 48.2. The van der Waals surface area contributed by atoms with E-state index < -0.39 is 17.0 Å². The van der Waals surface area contributed by atoms with Gasteiger partial charge in [-0.15, -0.1) is 6.58 Å². The van der Waals surface area contributed by atoms with Gasteiger partial charge in [0.05, 0.1) is 0 Å². The summed E-state index contributed by atoms with van der Waals surface area (Å²) in [4.78, 5) is 24.4. The quantitative estimate of drug-likeness (QED) is 0.588. The molecule has 22 heavy (non-hydrogen) atoms. The first-order valence-electron chi connectivity index (χ1n) is 8.30. The summed E-state index contributed by atoms with van der Waals surface area (Å²) in [5.41, 5.74) is -0.505. The number of carbonyl (C=O) groups is 2. The largest absolute Gasteiger partial charge is 0.504 e. The van der Waals surface area contributed by atoms with E-state index in [2.05, 4.69) is 26.5 Å².